The average molecular weight is 559 g/mol. The summed E-state index contributed by atoms with van der Waals surface area (Å²) in [6.45, 7) is 11.0. The van der Waals surface area contributed by atoms with E-state index < -0.39 is 10.8 Å². The van der Waals surface area contributed by atoms with Crippen molar-refractivity contribution in [1.82, 2.24) is 4.90 Å². The van der Waals surface area contributed by atoms with Crippen molar-refractivity contribution in [3.8, 4) is 11.5 Å². The largest absolute Gasteiger partial charge is 0.490 e. The lowest BCUT2D eigenvalue weighted by Gasteiger charge is -2.47. The number of carbonyl (C=O) groups excluding carboxylic acids is 2. The van der Waals surface area contributed by atoms with Gasteiger partial charge in [0, 0.05) is 60.5 Å². The first kappa shape index (κ1) is 28.6. The molecule has 0 atom stereocenters. The molecule has 0 saturated heterocycles. The van der Waals surface area contributed by atoms with E-state index in [1.807, 2.05) is 32.2 Å². The summed E-state index contributed by atoms with van der Waals surface area (Å²) >= 11 is 0. The highest BCUT2D eigenvalue weighted by molar-refractivity contribution is 6.06. The number of allylic oxidation sites excluding steroid dienone is 4. The Labute approximate surface area is 241 Å². The number of nitro benzene ring substituents is 1. The zero-order valence-corrected chi connectivity index (χ0v) is 24.7. The number of nitro groups is 1. The molecule has 1 aliphatic heterocycles. The van der Waals surface area contributed by atoms with Gasteiger partial charge in [0.1, 0.15) is 6.61 Å². The van der Waals surface area contributed by atoms with Gasteiger partial charge in [0.2, 0.25) is 0 Å². The van der Waals surface area contributed by atoms with Gasteiger partial charge in [0.25, 0.3) is 5.69 Å². The Bertz CT molecular complexity index is 1430. The third kappa shape index (κ3) is 5.52. The van der Waals surface area contributed by atoms with E-state index in [9.17, 15) is 19.7 Å². The van der Waals surface area contributed by atoms with Gasteiger partial charge in [-0.05, 0) is 66.0 Å². The minimum Gasteiger partial charge on any atom is -0.490 e. The minimum atomic E-state index is -0.452. The molecule has 0 radical (unpaired) electrons. The highest BCUT2D eigenvalue weighted by atomic mass is 16.6. The molecule has 5 rings (SSSR count). The molecule has 41 heavy (non-hydrogen) atoms. The molecule has 2 aromatic carbocycles. The van der Waals surface area contributed by atoms with Crippen LogP contribution in [-0.4, -0.2) is 35.0 Å². The molecule has 0 aromatic heterocycles. The molecular weight excluding hydrogens is 520 g/mol. The molecule has 2 aliphatic carbocycles. The first-order chi connectivity index (χ1) is 19.3. The fourth-order valence-electron chi connectivity index (χ4n) is 6.46. The lowest BCUT2D eigenvalue weighted by molar-refractivity contribution is -0.384. The normalized spacial score (nSPS) is 20.1. The lowest BCUT2D eigenvalue weighted by Crippen LogP contribution is -2.43. The van der Waals surface area contributed by atoms with Crippen LogP contribution in [0.4, 0.5) is 5.69 Å². The second kappa shape index (κ2) is 10.5. The van der Waals surface area contributed by atoms with Crippen molar-refractivity contribution in [1.29, 1.82) is 0 Å². The number of rotatable bonds is 7. The van der Waals surface area contributed by atoms with Gasteiger partial charge < -0.3 is 14.4 Å². The molecule has 3 aliphatic rings. The fourth-order valence-corrected chi connectivity index (χ4v) is 6.46. The van der Waals surface area contributed by atoms with E-state index in [-0.39, 0.29) is 34.7 Å². The van der Waals surface area contributed by atoms with Gasteiger partial charge in [-0.1, -0.05) is 33.8 Å². The zero-order valence-electron chi connectivity index (χ0n) is 24.7. The molecular formula is C33H38N2O6. The van der Waals surface area contributed by atoms with E-state index in [1.165, 1.54) is 12.1 Å². The van der Waals surface area contributed by atoms with Crippen molar-refractivity contribution in [3.05, 3.63) is 86.2 Å². The lowest BCUT2D eigenvalue weighted by atomic mass is 9.64. The molecule has 1 heterocycles. The average Bonchev–Trinajstić information content (AvgIpc) is 2.88. The van der Waals surface area contributed by atoms with Crippen molar-refractivity contribution in [2.24, 2.45) is 10.8 Å². The van der Waals surface area contributed by atoms with E-state index in [0.717, 1.165) is 46.5 Å². The summed E-state index contributed by atoms with van der Waals surface area (Å²) in [6, 6.07) is 11.9. The van der Waals surface area contributed by atoms with E-state index in [4.69, 9.17) is 9.47 Å². The topological polar surface area (TPSA) is 99.0 Å². The van der Waals surface area contributed by atoms with Crippen molar-refractivity contribution in [2.75, 3.05) is 13.7 Å². The van der Waals surface area contributed by atoms with Crippen molar-refractivity contribution < 1.29 is 24.0 Å². The van der Waals surface area contributed by atoms with Gasteiger partial charge in [0.05, 0.1) is 11.5 Å². The van der Waals surface area contributed by atoms with E-state index in [1.54, 1.807) is 12.1 Å². The molecule has 8 heteroatoms. The predicted octanol–water partition coefficient (Wildman–Crippen LogP) is 6.89. The maximum Gasteiger partial charge on any atom is 0.269 e. The second-order valence-electron chi connectivity index (χ2n) is 12.9. The van der Waals surface area contributed by atoms with Crippen LogP contribution in [-0.2, 0) is 16.2 Å². The number of non-ortho nitro benzene ring substituents is 1. The Morgan fingerprint density at radius 1 is 0.854 bits per heavy atom. The summed E-state index contributed by atoms with van der Waals surface area (Å²) in [5, 5.41) is 11.0. The molecule has 8 nitrogen and oxygen atoms in total. The summed E-state index contributed by atoms with van der Waals surface area (Å²) in [6.07, 6.45) is 2.41. The maximum absolute atomic E-state index is 13.8. The van der Waals surface area contributed by atoms with Crippen LogP contribution in [0.1, 0.15) is 77.3 Å². The van der Waals surface area contributed by atoms with Crippen LogP contribution in [0.3, 0.4) is 0 Å². The Hall–Kier alpha value is -3.94. The van der Waals surface area contributed by atoms with Gasteiger partial charge in [-0.3, -0.25) is 19.7 Å². The SMILES string of the molecule is CCOc1cc(C2C3=C(CC(C)(C)CC3=O)N(C)C3=C2C(=O)CC(C)(C)C3)ccc1OCc1ccc([N+](=O)[O-])cc1. The Kier molecular flexibility index (Phi) is 7.30. The van der Waals surface area contributed by atoms with Gasteiger partial charge >= 0.3 is 0 Å². The summed E-state index contributed by atoms with van der Waals surface area (Å²) in [5.74, 6) is 0.786. The number of hydrogen-bond donors (Lipinski definition) is 0. The monoisotopic (exact) mass is 558 g/mol. The summed E-state index contributed by atoms with van der Waals surface area (Å²) in [5.41, 5.74) is 4.79. The number of carbonyl (C=O) groups is 2. The Morgan fingerprint density at radius 2 is 1.41 bits per heavy atom. The number of hydrogen-bond acceptors (Lipinski definition) is 7. The molecule has 0 fully saturated rings. The van der Waals surface area contributed by atoms with E-state index >= 15 is 0 Å². The molecule has 0 unspecified atom stereocenters. The standard InChI is InChI=1S/C33H38N2O6/c1-7-40-28-14-21(10-13-27(28)41-19-20-8-11-22(12-9-20)35(38)39)29-30-23(15-32(2,3)17-25(30)36)34(6)24-16-33(4,5)18-26(37)31(24)29/h8-14,29H,7,15-19H2,1-6H3. The van der Waals surface area contributed by atoms with Gasteiger partial charge in [-0.25, -0.2) is 0 Å². The first-order valence-corrected chi connectivity index (χ1v) is 14.2. The van der Waals surface area contributed by atoms with Crippen LogP contribution in [0.5, 0.6) is 11.5 Å². The molecule has 0 amide bonds. The number of benzene rings is 2. The Balaban J connectivity index is 1.56. The quantitative estimate of drug-likeness (QED) is 0.270. The van der Waals surface area contributed by atoms with Crippen molar-refractivity contribution in [3.63, 3.8) is 0 Å². The van der Waals surface area contributed by atoms with Gasteiger partial charge in [0.15, 0.2) is 23.1 Å². The summed E-state index contributed by atoms with van der Waals surface area (Å²) < 4.78 is 12.1. The molecule has 0 N–H and O–H groups in total. The summed E-state index contributed by atoms with van der Waals surface area (Å²) in [7, 11) is 2.00. The molecule has 216 valence electrons. The Morgan fingerprint density at radius 3 is 1.93 bits per heavy atom. The molecule has 0 saturated carbocycles. The van der Waals surface area contributed by atoms with Crippen molar-refractivity contribution in [2.45, 2.75) is 72.8 Å². The number of nitrogens with zero attached hydrogens (tertiary/aromatic N) is 2. The van der Waals surface area contributed by atoms with Crippen LogP contribution in [0.25, 0.3) is 0 Å². The molecule has 2 aromatic rings. The smallest absolute Gasteiger partial charge is 0.269 e. The highest BCUT2D eigenvalue weighted by Gasteiger charge is 2.48. The first-order valence-electron chi connectivity index (χ1n) is 14.2. The predicted molar refractivity (Wildman–Crippen MR) is 156 cm³/mol. The minimum absolute atomic E-state index is 0.0230. The van der Waals surface area contributed by atoms with Gasteiger partial charge in [-0.15, -0.1) is 0 Å². The number of Topliss-reactive ketones (excluding diaryl/α,β-unsaturated/α-hetero) is 2. The maximum atomic E-state index is 13.8. The third-order valence-electron chi connectivity index (χ3n) is 8.32. The van der Waals surface area contributed by atoms with Crippen molar-refractivity contribution >= 4 is 17.3 Å². The molecule has 0 bridgehead atoms. The summed E-state index contributed by atoms with van der Waals surface area (Å²) in [4.78, 5) is 40.2. The third-order valence-corrected chi connectivity index (χ3v) is 8.32. The van der Waals surface area contributed by atoms with E-state index in [2.05, 4.69) is 32.6 Å². The highest BCUT2D eigenvalue weighted by Crippen LogP contribution is 2.54. The van der Waals surface area contributed by atoms with E-state index in [0.29, 0.717) is 30.9 Å². The van der Waals surface area contributed by atoms with Crippen LogP contribution >= 0.6 is 0 Å². The van der Waals surface area contributed by atoms with Crippen LogP contribution in [0.15, 0.2) is 65.0 Å². The number of ether oxygens (including phenoxy) is 2. The van der Waals surface area contributed by atoms with Crippen LogP contribution in [0.2, 0.25) is 0 Å². The van der Waals surface area contributed by atoms with Crippen LogP contribution < -0.4 is 9.47 Å². The molecule has 0 spiro atoms. The second-order valence-corrected chi connectivity index (χ2v) is 12.9. The number of ketones is 2. The van der Waals surface area contributed by atoms with Gasteiger partial charge in [-0.2, -0.15) is 0 Å². The van der Waals surface area contributed by atoms with Crippen LogP contribution in [0, 0.1) is 20.9 Å². The fraction of sp³-hybridized carbons (Fsp3) is 0.455. The zero-order chi connectivity index (χ0) is 29.7.